The number of likely N-dealkylation sites (tertiary alicyclic amines) is 1. The number of ether oxygens (including phenoxy) is 1. The van der Waals surface area contributed by atoms with Crippen molar-refractivity contribution in [3.05, 3.63) is 0 Å². The summed E-state index contributed by atoms with van der Waals surface area (Å²) < 4.78 is 5.54. The van der Waals surface area contributed by atoms with Crippen LogP contribution in [0.25, 0.3) is 0 Å². The summed E-state index contributed by atoms with van der Waals surface area (Å²) in [5.41, 5.74) is 3.58. The third kappa shape index (κ3) is 8.10. The average Bonchev–Trinajstić information content (AvgIpc) is 3.74. The Bertz CT molecular complexity index is 1170. The van der Waals surface area contributed by atoms with Crippen LogP contribution < -0.4 is 21.7 Å². The molecule has 3 fully saturated rings. The van der Waals surface area contributed by atoms with Gasteiger partial charge in [-0.05, 0) is 61.7 Å². The lowest BCUT2D eigenvalue weighted by Gasteiger charge is -2.38. The molecule has 0 aromatic carbocycles. The maximum absolute atomic E-state index is 14.2. The molecule has 0 radical (unpaired) electrons. The Morgan fingerprint density at radius 2 is 1.57 bits per heavy atom. The third-order valence-corrected chi connectivity index (χ3v) is 9.45. The molecule has 7 atom stereocenters. The Kier molecular flexibility index (Phi) is 10.2. The Labute approximate surface area is 261 Å². The monoisotopic (exact) mass is 619 g/mol. The normalized spacial score (nSPS) is 25.0. The van der Waals surface area contributed by atoms with Gasteiger partial charge in [0.25, 0.3) is 5.91 Å². The summed E-state index contributed by atoms with van der Waals surface area (Å²) in [7, 11) is 0. The van der Waals surface area contributed by atoms with E-state index in [9.17, 15) is 28.8 Å². The number of nitrogens with zero attached hydrogens (tertiary/aromatic N) is 1. The van der Waals surface area contributed by atoms with Crippen LogP contribution in [0.3, 0.4) is 0 Å². The number of nitrogens with two attached hydrogens (primary N) is 1. The van der Waals surface area contributed by atoms with Gasteiger partial charge in [0.1, 0.15) is 23.7 Å². The number of ketones is 1. The number of fused-ring (bicyclic) bond motifs is 1. The number of rotatable bonds is 12. The summed E-state index contributed by atoms with van der Waals surface area (Å²) in [6.07, 6.45) is 2.76. The smallest absolute Gasteiger partial charge is 0.329 e. The Hall–Kier alpha value is -3.18. The Morgan fingerprint density at radius 1 is 0.977 bits per heavy atom. The number of piperidine rings is 1. The molecular formula is C32H53N5O7. The lowest BCUT2D eigenvalue weighted by molar-refractivity contribution is -0.158. The minimum absolute atomic E-state index is 0.0623. The summed E-state index contributed by atoms with van der Waals surface area (Å²) in [4.78, 5) is 80.1. The summed E-state index contributed by atoms with van der Waals surface area (Å²) in [6, 6.07) is -4.59. The standard InChI is InChI=1S/C32H53N5O7/c1-11-16(2)21(28(42)44-31(6,7)8)35-29(43)36-24(30(3,4)5)27(41)37-15-18-20(32(18,9)10)22(37)26(40)34-19(14-17-12-13-17)23(38)25(33)39/h16-22,24H,11-15H2,1-10H3,(H2,33,39)(H,34,40)(H2,35,36,43)/t16-,18-,19?,20-,21-,22-,24+/m0/s1. The van der Waals surface area contributed by atoms with E-state index in [1.54, 1.807) is 20.8 Å². The molecule has 1 aliphatic heterocycles. The molecule has 44 heavy (non-hydrogen) atoms. The molecule has 5 N–H and O–H groups in total. The van der Waals surface area contributed by atoms with E-state index in [2.05, 4.69) is 16.0 Å². The fourth-order valence-electron chi connectivity index (χ4n) is 6.32. The molecule has 1 heterocycles. The highest BCUT2D eigenvalue weighted by Gasteiger charge is 2.70. The van der Waals surface area contributed by atoms with E-state index in [0.29, 0.717) is 19.4 Å². The molecule has 248 valence electrons. The quantitative estimate of drug-likeness (QED) is 0.191. The molecule has 1 unspecified atom stereocenters. The van der Waals surface area contributed by atoms with Gasteiger partial charge in [-0.1, -0.05) is 67.7 Å². The topological polar surface area (TPSA) is 177 Å². The molecule has 5 amide bonds. The Morgan fingerprint density at radius 3 is 2.05 bits per heavy atom. The van der Waals surface area contributed by atoms with E-state index in [4.69, 9.17) is 10.5 Å². The van der Waals surface area contributed by atoms with Crippen LogP contribution >= 0.6 is 0 Å². The van der Waals surface area contributed by atoms with Gasteiger partial charge in [-0.2, -0.15) is 0 Å². The van der Waals surface area contributed by atoms with Gasteiger partial charge in [-0.15, -0.1) is 0 Å². The number of nitrogens with one attached hydrogen (secondary N) is 3. The van der Waals surface area contributed by atoms with Crippen LogP contribution in [0.15, 0.2) is 0 Å². The second-order valence-electron chi connectivity index (χ2n) is 15.7. The molecule has 0 aromatic heterocycles. The summed E-state index contributed by atoms with van der Waals surface area (Å²) in [5.74, 6) is -3.53. The number of urea groups is 1. The number of esters is 1. The minimum atomic E-state index is -1.11. The molecular weight excluding hydrogens is 566 g/mol. The summed E-state index contributed by atoms with van der Waals surface area (Å²) in [6.45, 7) is 18.8. The first kappa shape index (κ1) is 35.3. The molecule has 0 aromatic rings. The fourth-order valence-corrected chi connectivity index (χ4v) is 6.32. The van der Waals surface area contributed by atoms with E-state index in [1.165, 1.54) is 4.90 Å². The average molecular weight is 620 g/mol. The molecule has 0 bridgehead atoms. The van der Waals surface area contributed by atoms with E-state index in [1.807, 2.05) is 48.5 Å². The van der Waals surface area contributed by atoms with Crippen LogP contribution in [0.4, 0.5) is 4.79 Å². The SMILES string of the molecule is CC[C@H](C)[C@H](NC(=O)N[C@H](C(=O)N1C[C@H]2[C@@H]([C@H]1C(=O)NC(CC1CC1)C(=O)C(N)=O)C2(C)C)C(C)(C)C)C(=O)OC(C)(C)C. The molecule has 2 aliphatic carbocycles. The van der Waals surface area contributed by atoms with Crippen molar-refractivity contribution in [2.75, 3.05) is 6.54 Å². The molecule has 1 saturated heterocycles. The fraction of sp³-hybridized carbons (Fsp3) is 0.812. The van der Waals surface area contributed by atoms with Crippen LogP contribution in [0.1, 0.15) is 94.9 Å². The Balaban J connectivity index is 1.82. The van der Waals surface area contributed by atoms with Gasteiger partial charge in [0.15, 0.2) is 0 Å². The van der Waals surface area contributed by atoms with Crippen molar-refractivity contribution in [1.29, 1.82) is 0 Å². The maximum Gasteiger partial charge on any atom is 0.329 e. The van der Waals surface area contributed by atoms with Gasteiger partial charge in [0, 0.05) is 6.54 Å². The highest BCUT2D eigenvalue weighted by atomic mass is 16.6. The lowest BCUT2D eigenvalue weighted by atomic mass is 9.85. The van der Waals surface area contributed by atoms with Crippen molar-refractivity contribution in [3.8, 4) is 0 Å². The molecule has 2 saturated carbocycles. The predicted octanol–water partition coefficient (Wildman–Crippen LogP) is 2.28. The van der Waals surface area contributed by atoms with Crippen molar-refractivity contribution in [2.24, 2.45) is 40.2 Å². The van der Waals surface area contributed by atoms with Gasteiger partial charge < -0.3 is 31.3 Å². The number of primary amides is 1. The third-order valence-electron chi connectivity index (χ3n) is 9.45. The molecule has 3 rings (SSSR count). The zero-order valence-electron chi connectivity index (χ0n) is 28.0. The van der Waals surface area contributed by atoms with Crippen molar-refractivity contribution >= 4 is 35.5 Å². The second kappa shape index (κ2) is 12.7. The summed E-state index contributed by atoms with van der Waals surface area (Å²) in [5, 5.41) is 8.25. The largest absolute Gasteiger partial charge is 0.458 e. The number of hydrogen-bond donors (Lipinski definition) is 4. The first-order valence-corrected chi connectivity index (χ1v) is 15.8. The molecule has 0 spiro atoms. The van der Waals surface area contributed by atoms with Gasteiger partial charge in [0.05, 0.1) is 6.04 Å². The molecule has 3 aliphatic rings. The van der Waals surface area contributed by atoms with Crippen LogP contribution in [0.5, 0.6) is 0 Å². The van der Waals surface area contributed by atoms with E-state index >= 15 is 0 Å². The van der Waals surface area contributed by atoms with E-state index in [-0.39, 0.29) is 29.1 Å². The van der Waals surface area contributed by atoms with Gasteiger partial charge in [-0.3, -0.25) is 19.2 Å². The zero-order chi connectivity index (χ0) is 33.5. The van der Waals surface area contributed by atoms with Crippen molar-refractivity contribution < 1.29 is 33.5 Å². The van der Waals surface area contributed by atoms with Crippen LogP contribution in [-0.4, -0.2) is 76.7 Å². The van der Waals surface area contributed by atoms with Crippen molar-refractivity contribution in [3.63, 3.8) is 0 Å². The number of amides is 5. The first-order valence-electron chi connectivity index (χ1n) is 15.8. The number of carbonyl (C=O) groups is 6. The first-order chi connectivity index (χ1) is 20.1. The van der Waals surface area contributed by atoms with Crippen LogP contribution in [-0.2, 0) is 28.7 Å². The minimum Gasteiger partial charge on any atom is -0.458 e. The number of Topliss-reactive ketones (excluding diaryl/α,β-unsaturated/α-hetero) is 1. The van der Waals surface area contributed by atoms with Gasteiger partial charge >= 0.3 is 12.0 Å². The van der Waals surface area contributed by atoms with E-state index in [0.717, 1.165) is 12.8 Å². The van der Waals surface area contributed by atoms with Crippen LogP contribution in [0.2, 0.25) is 0 Å². The van der Waals surface area contributed by atoms with Crippen molar-refractivity contribution in [1.82, 2.24) is 20.9 Å². The predicted molar refractivity (Wildman–Crippen MR) is 164 cm³/mol. The van der Waals surface area contributed by atoms with Gasteiger partial charge in [0.2, 0.25) is 17.6 Å². The maximum atomic E-state index is 14.2. The second-order valence-corrected chi connectivity index (χ2v) is 15.7. The zero-order valence-corrected chi connectivity index (χ0v) is 28.0. The molecule has 12 heteroatoms. The highest BCUT2D eigenvalue weighted by Crippen LogP contribution is 2.65. The highest BCUT2D eigenvalue weighted by molar-refractivity contribution is 6.37. The van der Waals surface area contributed by atoms with E-state index < -0.39 is 70.7 Å². The van der Waals surface area contributed by atoms with Gasteiger partial charge in [-0.25, -0.2) is 9.59 Å². The lowest BCUT2D eigenvalue weighted by Crippen LogP contribution is -2.62. The van der Waals surface area contributed by atoms with Crippen molar-refractivity contribution in [2.45, 2.75) is 125 Å². The molecule has 12 nitrogen and oxygen atoms in total. The number of hydrogen-bond acceptors (Lipinski definition) is 7. The summed E-state index contributed by atoms with van der Waals surface area (Å²) >= 11 is 0. The van der Waals surface area contributed by atoms with Crippen LogP contribution in [0, 0.1) is 34.5 Å². The number of carbonyl (C=O) groups excluding carboxylic acids is 6.